The van der Waals surface area contributed by atoms with E-state index in [1.54, 1.807) is 0 Å². The number of hydrogen-bond acceptors (Lipinski definition) is 8. The van der Waals surface area contributed by atoms with Gasteiger partial charge in [0, 0.05) is 0 Å². The van der Waals surface area contributed by atoms with Crippen LogP contribution in [0.4, 0.5) is 0 Å². The molecule has 0 aliphatic carbocycles. The Morgan fingerprint density at radius 2 is 2.13 bits per heavy atom. The molecule has 13 heteroatoms. The number of fused-ring (bicyclic) bond motifs is 1. The SMILES string of the molecule is O=P(O)(O)OC[C@@H]1O[C@H](n2cnc3c(=S)nc[nH]c32)[C@@H](O)[C@@H]1O. The van der Waals surface area contributed by atoms with Crippen molar-refractivity contribution in [1.82, 2.24) is 19.5 Å². The van der Waals surface area contributed by atoms with E-state index in [2.05, 4.69) is 19.5 Å². The number of imidazole rings is 1. The summed E-state index contributed by atoms with van der Waals surface area (Å²) in [6.07, 6.45) is -2.19. The van der Waals surface area contributed by atoms with Gasteiger partial charge >= 0.3 is 7.82 Å². The summed E-state index contributed by atoms with van der Waals surface area (Å²) in [5.74, 6) is 0. The van der Waals surface area contributed by atoms with Crippen LogP contribution >= 0.6 is 20.0 Å². The predicted molar refractivity (Wildman–Crippen MR) is 76.6 cm³/mol. The van der Waals surface area contributed by atoms with Crippen molar-refractivity contribution in [1.29, 1.82) is 0 Å². The van der Waals surface area contributed by atoms with Gasteiger partial charge in [-0.2, -0.15) is 0 Å². The fraction of sp³-hybridized carbons (Fsp3) is 0.500. The highest BCUT2D eigenvalue weighted by Gasteiger charge is 2.45. The highest BCUT2D eigenvalue weighted by molar-refractivity contribution is 7.71. The Morgan fingerprint density at radius 1 is 1.39 bits per heavy atom. The van der Waals surface area contributed by atoms with Crippen LogP contribution in [-0.4, -0.2) is 64.4 Å². The third kappa shape index (κ3) is 3.20. The molecule has 4 atom stereocenters. The zero-order valence-electron chi connectivity index (χ0n) is 11.4. The van der Waals surface area contributed by atoms with E-state index in [4.69, 9.17) is 26.7 Å². The molecule has 2 aromatic heterocycles. The quantitative estimate of drug-likeness (QED) is 0.343. The molecular formula is C10H13N4O7PS. The Balaban J connectivity index is 1.87. The molecule has 23 heavy (non-hydrogen) atoms. The maximum atomic E-state index is 10.7. The number of phosphoric acid groups is 1. The maximum absolute atomic E-state index is 10.7. The Hall–Kier alpha value is -1.24. The molecule has 1 fully saturated rings. The smallest absolute Gasteiger partial charge is 0.387 e. The first-order valence-electron chi connectivity index (χ1n) is 6.40. The standard InChI is InChI=1S/C10H13N4O7PS/c15-6-4(1-20-22(17,18)19)21-10(7(6)16)14-3-13-5-8(14)11-2-12-9(5)23/h2-4,6-7,10,15-16H,1H2,(H,11,12,23)(H2,17,18,19)/t4-,6+,7-,10-/m0/s1. The molecule has 0 amide bonds. The molecule has 0 bridgehead atoms. The maximum Gasteiger partial charge on any atom is 0.469 e. The van der Waals surface area contributed by atoms with Gasteiger partial charge in [-0.05, 0) is 0 Å². The molecule has 3 rings (SSSR count). The highest BCUT2D eigenvalue weighted by Crippen LogP contribution is 2.38. The Labute approximate surface area is 133 Å². The molecule has 2 aromatic rings. The summed E-state index contributed by atoms with van der Waals surface area (Å²) in [6.45, 7) is -0.580. The van der Waals surface area contributed by atoms with Crippen LogP contribution < -0.4 is 0 Å². The summed E-state index contributed by atoms with van der Waals surface area (Å²) >= 11 is 5.03. The van der Waals surface area contributed by atoms with E-state index in [1.165, 1.54) is 17.2 Å². The molecule has 1 saturated heterocycles. The summed E-state index contributed by atoms with van der Waals surface area (Å²) in [6, 6.07) is 0. The summed E-state index contributed by atoms with van der Waals surface area (Å²) in [5.41, 5.74) is 0.820. The number of ether oxygens (including phenoxy) is 1. The molecule has 5 N–H and O–H groups in total. The number of H-pyrrole nitrogens is 1. The van der Waals surface area contributed by atoms with E-state index in [1.807, 2.05) is 0 Å². The third-order valence-electron chi connectivity index (χ3n) is 3.40. The topological polar surface area (TPSA) is 163 Å². The fourth-order valence-electron chi connectivity index (χ4n) is 2.33. The van der Waals surface area contributed by atoms with Crippen LogP contribution in [0.5, 0.6) is 0 Å². The predicted octanol–water partition coefficient (Wildman–Crippen LogP) is -0.783. The van der Waals surface area contributed by atoms with Crippen molar-refractivity contribution in [3.05, 3.63) is 17.3 Å². The zero-order chi connectivity index (χ0) is 16.8. The lowest BCUT2D eigenvalue weighted by Gasteiger charge is -2.16. The van der Waals surface area contributed by atoms with E-state index >= 15 is 0 Å². The van der Waals surface area contributed by atoms with Crippen LogP contribution in [-0.2, 0) is 13.8 Å². The van der Waals surface area contributed by atoms with Crippen molar-refractivity contribution in [2.24, 2.45) is 0 Å². The number of aliphatic hydroxyl groups is 2. The molecule has 1 aliphatic rings. The van der Waals surface area contributed by atoms with Crippen LogP contribution in [0.15, 0.2) is 12.7 Å². The fourth-order valence-corrected chi connectivity index (χ4v) is 2.88. The Kier molecular flexibility index (Phi) is 4.33. The van der Waals surface area contributed by atoms with E-state index < -0.39 is 39.0 Å². The summed E-state index contributed by atoms with van der Waals surface area (Å²) in [7, 11) is -4.71. The number of nitrogens with one attached hydrogen (secondary N) is 1. The van der Waals surface area contributed by atoms with Crippen LogP contribution in [0.25, 0.3) is 11.2 Å². The van der Waals surface area contributed by atoms with Crippen molar-refractivity contribution in [3.63, 3.8) is 0 Å². The number of aliphatic hydroxyl groups excluding tert-OH is 2. The summed E-state index contributed by atoms with van der Waals surface area (Å²) < 4.78 is 22.2. The first kappa shape index (κ1) is 16.6. The molecule has 3 heterocycles. The van der Waals surface area contributed by atoms with Gasteiger partial charge in [-0.25, -0.2) is 14.5 Å². The van der Waals surface area contributed by atoms with Gasteiger partial charge in [0.25, 0.3) is 0 Å². The highest BCUT2D eigenvalue weighted by atomic mass is 32.1. The second kappa shape index (κ2) is 6.00. The molecule has 1 aliphatic heterocycles. The molecule has 11 nitrogen and oxygen atoms in total. The lowest BCUT2D eigenvalue weighted by Crippen LogP contribution is -2.33. The molecule has 0 aromatic carbocycles. The summed E-state index contributed by atoms with van der Waals surface area (Å²) in [5, 5.41) is 20.1. The van der Waals surface area contributed by atoms with E-state index in [9.17, 15) is 14.8 Å². The number of phosphoric ester groups is 1. The molecule has 0 radical (unpaired) electrons. The van der Waals surface area contributed by atoms with Gasteiger partial charge in [-0.3, -0.25) is 9.09 Å². The van der Waals surface area contributed by atoms with Crippen molar-refractivity contribution in [3.8, 4) is 0 Å². The van der Waals surface area contributed by atoms with Crippen molar-refractivity contribution in [2.45, 2.75) is 24.5 Å². The number of hydrogen-bond donors (Lipinski definition) is 5. The van der Waals surface area contributed by atoms with E-state index in [-0.39, 0.29) is 4.64 Å². The van der Waals surface area contributed by atoms with Crippen LogP contribution in [0, 0.1) is 4.64 Å². The monoisotopic (exact) mass is 364 g/mol. The van der Waals surface area contributed by atoms with Crippen molar-refractivity contribution < 1.29 is 33.8 Å². The van der Waals surface area contributed by atoms with Gasteiger partial charge in [-0.15, -0.1) is 0 Å². The van der Waals surface area contributed by atoms with Crippen molar-refractivity contribution >= 4 is 31.2 Å². The minimum absolute atomic E-state index is 0.256. The van der Waals surface area contributed by atoms with Gasteiger partial charge in [0.2, 0.25) is 0 Å². The molecule has 0 saturated carbocycles. The first-order valence-corrected chi connectivity index (χ1v) is 8.33. The largest absolute Gasteiger partial charge is 0.469 e. The second-order valence-electron chi connectivity index (χ2n) is 4.89. The molecule has 0 unspecified atom stereocenters. The average molecular weight is 364 g/mol. The minimum Gasteiger partial charge on any atom is -0.387 e. The van der Waals surface area contributed by atoms with Gasteiger partial charge in [0.15, 0.2) is 10.9 Å². The molecule has 0 spiro atoms. The van der Waals surface area contributed by atoms with Crippen LogP contribution in [0.3, 0.4) is 0 Å². The number of aromatic amines is 1. The van der Waals surface area contributed by atoms with Gasteiger partial charge in [0.1, 0.15) is 29.5 Å². The number of rotatable bonds is 4. The van der Waals surface area contributed by atoms with E-state index in [0.717, 1.165) is 0 Å². The number of aromatic nitrogens is 4. The molecule has 126 valence electrons. The normalized spacial score (nSPS) is 28.5. The van der Waals surface area contributed by atoms with Gasteiger partial charge < -0.3 is 29.7 Å². The Bertz CT molecular complexity index is 819. The first-order chi connectivity index (χ1) is 10.8. The van der Waals surface area contributed by atoms with Crippen molar-refractivity contribution in [2.75, 3.05) is 6.61 Å². The average Bonchev–Trinajstić information content (AvgIpc) is 3.01. The van der Waals surface area contributed by atoms with Gasteiger partial charge in [-0.1, -0.05) is 12.2 Å². The zero-order valence-corrected chi connectivity index (χ0v) is 13.1. The number of nitrogens with zero attached hydrogens (tertiary/aromatic N) is 3. The van der Waals surface area contributed by atoms with Gasteiger partial charge in [0.05, 0.1) is 19.3 Å². The van der Waals surface area contributed by atoms with Crippen LogP contribution in [0.2, 0.25) is 0 Å². The third-order valence-corrected chi connectivity index (χ3v) is 4.18. The van der Waals surface area contributed by atoms with Crippen LogP contribution in [0.1, 0.15) is 6.23 Å². The second-order valence-corrected chi connectivity index (χ2v) is 6.52. The lowest BCUT2D eigenvalue weighted by molar-refractivity contribution is -0.0504. The Morgan fingerprint density at radius 3 is 2.83 bits per heavy atom. The lowest BCUT2D eigenvalue weighted by atomic mass is 10.1. The summed E-state index contributed by atoms with van der Waals surface area (Å²) in [4.78, 5) is 28.2. The molecular weight excluding hydrogens is 351 g/mol. The minimum atomic E-state index is -4.71. The van der Waals surface area contributed by atoms with E-state index in [0.29, 0.717) is 11.2 Å².